The van der Waals surface area contributed by atoms with E-state index in [2.05, 4.69) is 42.9 Å². The van der Waals surface area contributed by atoms with Gasteiger partial charge >= 0.3 is 5.97 Å². The maximum absolute atomic E-state index is 12.0. The van der Waals surface area contributed by atoms with E-state index in [-0.39, 0.29) is 11.5 Å². The number of ether oxygens (including phenoxy) is 1. The van der Waals surface area contributed by atoms with E-state index in [0.717, 1.165) is 19.4 Å². The number of rotatable bonds is 2. The zero-order chi connectivity index (χ0) is 15.6. The Morgan fingerprint density at radius 2 is 1.95 bits per heavy atom. The normalized spacial score (nSPS) is 24.1. The topological polar surface area (TPSA) is 29.5 Å². The second-order valence-electron chi connectivity index (χ2n) is 7.89. The molecule has 0 aromatic heterocycles. The number of nitrogens with zero attached hydrogens (tertiary/aromatic N) is 1. The van der Waals surface area contributed by atoms with Crippen LogP contribution >= 0.6 is 0 Å². The smallest absolute Gasteiger partial charge is 0.320 e. The summed E-state index contributed by atoms with van der Waals surface area (Å²) in [5, 5.41) is 0. The van der Waals surface area contributed by atoms with Crippen LogP contribution in [0.25, 0.3) is 0 Å². The van der Waals surface area contributed by atoms with Crippen molar-refractivity contribution in [3.05, 3.63) is 0 Å². The van der Waals surface area contributed by atoms with Crippen molar-refractivity contribution in [3.8, 4) is 11.5 Å². The van der Waals surface area contributed by atoms with E-state index in [9.17, 15) is 4.79 Å². The summed E-state index contributed by atoms with van der Waals surface area (Å²) in [6.45, 7) is 15.9. The van der Waals surface area contributed by atoms with Crippen LogP contribution in [0.3, 0.4) is 0 Å². The van der Waals surface area contributed by atoms with Gasteiger partial charge in [-0.15, -0.1) is 5.54 Å². The second-order valence-corrected chi connectivity index (χ2v) is 12.6. The summed E-state index contributed by atoms with van der Waals surface area (Å²) in [7, 11) is -1.38. The molecule has 0 bridgehead atoms. The van der Waals surface area contributed by atoms with E-state index in [1.165, 1.54) is 0 Å². The molecule has 1 heterocycles. The SMILES string of the molecule is CC(C)(C)OC(=O)CN1CCCC1(C)C#C[Si](C)(C)C. The molecule has 0 aromatic rings. The summed E-state index contributed by atoms with van der Waals surface area (Å²) in [5.41, 5.74) is 2.86. The highest BCUT2D eigenvalue weighted by molar-refractivity contribution is 6.83. The number of esters is 1. The van der Waals surface area contributed by atoms with Crippen molar-refractivity contribution in [2.24, 2.45) is 0 Å². The zero-order valence-electron chi connectivity index (χ0n) is 14.1. The fourth-order valence-electron chi connectivity index (χ4n) is 2.27. The summed E-state index contributed by atoms with van der Waals surface area (Å²) < 4.78 is 5.42. The lowest BCUT2D eigenvalue weighted by atomic mass is 10.0. The van der Waals surface area contributed by atoms with E-state index in [1.54, 1.807) is 0 Å². The van der Waals surface area contributed by atoms with Crippen molar-refractivity contribution in [3.63, 3.8) is 0 Å². The van der Waals surface area contributed by atoms with Crippen molar-refractivity contribution < 1.29 is 9.53 Å². The second kappa shape index (κ2) is 5.91. The number of carbonyl (C=O) groups excluding carboxylic acids is 1. The first-order chi connectivity index (χ1) is 8.91. The van der Waals surface area contributed by atoms with Gasteiger partial charge in [0, 0.05) is 6.54 Å². The van der Waals surface area contributed by atoms with Crippen LogP contribution in [0.2, 0.25) is 19.6 Å². The third-order valence-corrected chi connectivity index (χ3v) is 4.11. The average molecular weight is 295 g/mol. The lowest BCUT2D eigenvalue weighted by Gasteiger charge is -2.31. The predicted molar refractivity (Wildman–Crippen MR) is 86.2 cm³/mol. The van der Waals surface area contributed by atoms with Crippen LogP contribution in [0.1, 0.15) is 40.5 Å². The Balaban J connectivity index is 2.74. The molecule has 1 rings (SSSR count). The minimum Gasteiger partial charge on any atom is -0.459 e. The Hall–Kier alpha value is -0.793. The van der Waals surface area contributed by atoms with Crippen LogP contribution in [0.4, 0.5) is 0 Å². The first kappa shape index (κ1) is 17.3. The Labute approximate surface area is 125 Å². The molecule has 0 amide bonds. The van der Waals surface area contributed by atoms with Gasteiger partial charge in [-0.25, -0.2) is 0 Å². The van der Waals surface area contributed by atoms with Crippen molar-refractivity contribution in [1.29, 1.82) is 0 Å². The highest BCUT2D eigenvalue weighted by Crippen LogP contribution is 2.28. The molecule has 1 atom stereocenters. The molecule has 1 saturated heterocycles. The summed E-state index contributed by atoms with van der Waals surface area (Å²) in [5.74, 6) is 3.29. The molecular formula is C16H29NO2Si. The minimum atomic E-state index is -1.38. The standard InChI is InChI=1S/C16H29NO2Si/c1-15(2,3)19-14(18)13-17-11-8-9-16(17,4)10-12-20(5,6)7/h8-9,11,13H2,1-7H3. The van der Waals surface area contributed by atoms with Crippen molar-refractivity contribution in [2.75, 3.05) is 13.1 Å². The van der Waals surface area contributed by atoms with E-state index in [4.69, 9.17) is 4.74 Å². The van der Waals surface area contributed by atoms with Crippen molar-refractivity contribution in [2.45, 2.75) is 71.3 Å². The summed E-state index contributed by atoms with van der Waals surface area (Å²) >= 11 is 0. The quantitative estimate of drug-likeness (QED) is 0.445. The molecule has 1 fully saturated rings. The Morgan fingerprint density at radius 1 is 1.35 bits per heavy atom. The third-order valence-electron chi connectivity index (χ3n) is 3.24. The first-order valence-electron chi connectivity index (χ1n) is 7.43. The lowest BCUT2D eigenvalue weighted by Crippen LogP contribution is -2.44. The van der Waals surface area contributed by atoms with Crippen LogP contribution in [0.5, 0.6) is 0 Å². The highest BCUT2D eigenvalue weighted by Gasteiger charge is 2.37. The van der Waals surface area contributed by atoms with E-state index < -0.39 is 13.7 Å². The van der Waals surface area contributed by atoms with Crippen LogP contribution in [0.15, 0.2) is 0 Å². The maximum Gasteiger partial charge on any atom is 0.320 e. The minimum absolute atomic E-state index is 0.152. The summed E-state index contributed by atoms with van der Waals surface area (Å²) in [6, 6.07) is 0. The maximum atomic E-state index is 12.0. The third kappa shape index (κ3) is 5.68. The van der Waals surface area contributed by atoms with Gasteiger partial charge in [-0.05, 0) is 40.5 Å². The van der Waals surface area contributed by atoms with Gasteiger partial charge in [-0.2, -0.15) is 0 Å². The largest absolute Gasteiger partial charge is 0.459 e. The molecule has 0 spiro atoms. The molecule has 4 heteroatoms. The van der Waals surface area contributed by atoms with Gasteiger partial charge in [-0.1, -0.05) is 25.6 Å². The number of hydrogen-bond acceptors (Lipinski definition) is 3. The Bertz CT molecular complexity index is 422. The van der Waals surface area contributed by atoms with Gasteiger partial charge in [0.15, 0.2) is 0 Å². The summed E-state index contributed by atoms with van der Waals surface area (Å²) in [6.07, 6.45) is 2.13. The monoisotopic (exact) mass is 295 g/mol. The van der Waals surface area contributed by atoms with Gasteiger partial charge in [0.05, 0.1) is 12.1 Å². The van der Waals surface area contributed by atoms with Crippen LogP contribution < -0.4 is 0 Å². The highest BCUT2D eigenvalue weighted by atomic mass is 28.3. The van der Waals surface area contributed by atoms with Gasteiger partial charge in [0.2, 0.25) is 0 Å². The molecule has 20 heavy (non-hydrogen) atoms. The molecule has 1 aliphatic rings. The molecule has 1 unspecified atom stereocenters. The van der Waals surface area contributed by atoms with Gasteiger partial charge in [-0.3, -0.25) is 9.69 Å². The molecule has 1 aliphatic heterocycles. The first-order valence-corrected chi connectivity index (χ1v) is 10.9. The predicted octanol–water partition coefficient (Wildman–Crippen LogP) is 3.06. The van der Waals surface area contributed by atoms with E-state index >= 15 is 0 Å². The molecule has 0 saturated carbocycles. The van der Waals surface area contributed by atoms with Crippen molar-refractivity contribution in [1.82, 2.24) is 4.90 Å². The Morgan fingerprint density at radius 3 is 2.45 bits per heavy atom. The Kier molecular flexibility index (Phi) is 5.10. The van der Waals surface area contributed by atoms with Crippen molar-refractivity contribution >= 4 is 14.0 Å². The van der Waals surface area contributed by atoms with Gasteiger partial charge in [0.1, 0.15) is 13.7 Å². The molecule has 0 radical (unpaired) electrons. The van der Waals surface area contributed by atoms with E-state index in [0.29, 0.717) is 6.54 Å². The lowest BCUT2D eigenvalue weighted by molar-refractivity contribution is -0.156. The zero-order valence-corrected chi connectivity index (χ0v) is 15.1. The van der Waals surface area contributed by atoms with Crippen LogP contribution in [-0.2, 0) is 9.53 Å². The number of carbonyl (C=O) groups is 1. The molecule has 0 aromatic carbocycles. The molecule has 114 valence electrons. The fourth-order valence-corrected chi connectivity index (χ4v) is 2.91. The summed E-state index contributed by atoms with van der Waals surface area (Å²) in [4.78, 5) is 14.2. The molecule has 0 N–H and O–H groups in total. The molecular weight excluding hydrogens is 266 g/mol. The van der Waals surface area contributed by atoms with Gasteiger partial charge < -0.3 is 4.74 Å². The van der Waals surface area contributed by atoms with Gasteiger partial charge in [0.25, 0.3) is 0 Å². The molecule has 3 nitrogen and oxygen atoms in total. The average Bonchev–Trinajstić information content (AvgIpc) is 2.54. The van der Waals surface area contributed by atoms with Crippen LogP contribution in [-0.4, -0.2) is 43.2 Å². The van der Waals surface area contributed by atoms with E-state index in [1.807, 2.05) is 20.8 Å². The number of hydrogen-bond donors (Lipinski definition) is 0. The molecule has 0 aliphatic carbocycles. The van der Waals surface area contributed by atoms with Crippen LogP contribution in [0, 0.1) is 11.5 Å². The fraction of sp³-hybridized carbons (Fsp3) is 0.812. The number of likely N-dealkylation sites (tertiary alicyclic amines) is 1.